The standard InChI is InChI=1S/C16H14N4O3S/c1-23-12-7-9(4-5-11(12)21)16-20(13(22)8-24-16)15-10-3-2-6-17-14(10)18-19-15/h2-7,16,21H,8H2,1H3,(H,17,18,19)/t16-/m0/s1. The molecule has 0 spiro atoms. The Morgan fingerprint density at radius 3 is 3.12 bits per heavy atom. The number of ether oxygens (including phenoxy) is 1. The van der Waals surface area contributed by atoms with Gasteiger partial charge in [0, 0.05) is 6.20 Å². The first-order valence-electron chi connectivity index (χ1n) is 7.28. The number of fused-ring (bicyclic) bond motifs is 1. The molecular weight excluding hydrogens is 328 g/mol. The number of thioether (sulfide) groups is 1. The number of phenols is 1. The molecule has 0 aliphatic carbocycles. The number of benzene rings is 1. The zero-order chi connectivity index (χ0) is 16.7. The number of nitrogens with one attached hydrogen (secondary N) is 1. The zero-order valence-electron chi connectivity index (χ0n) is 12.8. The van der Waals surface area contributed by atoms with Crippen LogP contribution in [-0.4, -0.2) is 39.1 Å². The number of nitrogens with zero attached hydrogens (tertiary/aromatic N) is 3. The maximum Gasteiger partial charge on any atom is 0.239 e. The summed E-state index contributed by atoms with van der Waals surface area (Å²) >= 11 is 1.51. The van der Waals surface area contributed by atoms with Crippen molar-refractivity contribution < 1.29 is 14.6 Å². The van der Waals surface area contributed by atoms with Gasteiger partial charge >= 0.3 is 0 Å². The smallest absolute Gasteiger partial charge is 0.239 e. The monoisotopic (exact) mass is 342 g/mol. The average Bonchev–Trinajstić information content (AvgIpc) is 3.18. The van der Waals surface area contributed by atoms with Gasteiger partial charge in [-0.1, -0.05) is 6.07 Å². The maximum absolute atomic E-state index is 12.5. The van der Waals surface area contributed by atoms with Crippen LogP contribution in [0.2, 0.25) is 0 Å². The molecular formula is C16H14N4O3S. The van der Waals surface area contributed by atoms with Crippen LogP contribution in [0.4, 0.5) is 5.82 Å². The van der Waals surface area contributed by atoms with Gasteiger partial charge in [0.15, 0.2) is 23.0 Å². The molecule has 24 heavy (non-hydrogen) atoms. The number of carbonyl (C=O) groups is 1. The van der Waals surface area contributed by atoms with Gasteiger partial charge in [0.05, 0.1) is 18.2 Å². The second-order valence-electron chi connectivity index (χ2n) is 5.31. The van der Waals surface area contributed by atoms with Crippen LogP contribution in [0.15, 0.2) is 36.5 Å². The highest BCUT2D eigenvalue weighted by Gasteiger charge is 2.36. The van der Waals surface area contributed by atoms with Crippen LogP contribution in [-0.2, 0) is 4.79 Å². The molecule has 1 atom stereocenters. The highest BCUT2D eigenvalue weighted by molar-refractivity contribution is 8.00. The molecule has 1 aliphatic rings. The van der Waals surface area contributed by atoms with Gasteiger partial charge in [-0.15, -0.1) is 11.8 Å². The Morgan fingerprint density at radius 2 is 2.29 bits per heavy atom. The molecule has 7 nitrogen and oxygen atoms in total. The van der Waals surface area contributed by atoms with Crippen molar-refractivity contribution in [2.24, 2.45) is 0 Å². The normalized spacial score (nSPS) is 17.6. The third kappa shape index (κ3) is 2.26. The van der Waals surface area contributed by atoms with Crippen LogP contribution < -0.4 is 9.64 Å². The lowest BCUT2D eigenvalue weighted by Gasteiger charge is -2.22. The van der Waals surface area contributed by atoms with E-state index >= 15 is 0 Å². The largest absolute Gasteiger partial charge is 0.504 e. The van der Waals surface area contributed by atoms with E-state index in [2.05, 4.69) is 15.2 Å². The summed E-state index contributed by atoms with van der Waals surface area (Å²) in [5, 5.41) is 17.5. The average molecular weight is 342 g/mol. The summed E-state index contributed by atoms with van der Waals surface area (Å²) in [6, 6.07) is 8.79. The van der Waals surface area contributed by atoms with Crippen LogP contribution in [0.5, 0.6) is 11.5 Å². The molecule has 1 saturated heterocycles. The Bertz CT molecular complexity index is 927. The summed E-state index contributed by atoms with van der Waals surface area (Å²) in [4.78, 5) is 18.4. The molecule has 1 fully saturated rings. The van der Waals surface area contributed by atoms with Gasteiger partial charge < -0.3 is 9.84 Å². The predicted octanol–water partition coefficient (Wildman–Crippen LogP) is 2.45. The molecule has 0 unspecified atom stereocenters. The van der Waals surface area contributed by atoms with E-state index in [1.165, 1.54) is 18.9 Å². The van der Waals surface area contributed by atoms with E-state index in [0.717, 1.165) is 10.9 Å². The lowest BCUT2D eigenvalue weighted by Crippen LogP contribution is -2.28. The Morgan fingerprint density at radius 1 is 1.42 bits per heavy atom. The van der Waals surface area contributed by atoms with Crippen LogP contribution >= 0.6 is 11.8 Å². The quantitative estimate of drug-likeness (QED) is 0.760. The number of aromatic amines is 1. The van der Waals surface area contributed by atoms with Crippen molar-refractivity contribution in [2.45, 2.75) is 5.37 Å². The first-order chi connectivity index (χ1) is 11.7. The minimum absolute atomic E-state index is 0.0192. The van der Waals surface area contributed by atoms with Crippen LogP contribution in [0.3, 0.4) is 0 Å². The van der Waals surface area contributed by atoms with E-state index in [1.54, 1.807) is 29.3 Å². The van der Waals surface area contributed by atoms with Crippen LogP contribution in [0, 0.1) is 0 Å². The number of carbonyl (C=O) groups excluding carboxylic acids is 1. The molecule has 122 valence electrons. The van der Waals surface area contributed by atoms with Gasteiger partial charge in [-0.2, -0.15) is 5.10 Å². The topological polar surface area (TPSA) is 91.3 Å². The van der Waals surface area contributed by atoms with Crippen molar-refractivity contribution in [1.82, 2.24) is 15.2 Å². The molecule has 2 N–H and O–H groups in total. The van der Waals surface area contributed by atoms with Crippen molar-refractivity contribution in [3.05, 3.63) is 42.1 Å². The predicted molar refractivity (Wildman–Crippen MR) is 91.2 cm³/mol. The summed E-state index contributed by atoms with van der Waals surface area (Å²) < 4.78 is 5.17. The lowest BCUT2D eigenvalue weighted by molar-refractivity contribution is -0.115. The number of rotatable bonds is 3. The molecule has 1 aliphatic heterocycles. The summed E-state index contributed by atoms with van der Waals surface area (Å²) in [6.07, 6.45) is 1.67. The molecule has 3 aromatic rings. The highest BCUT2D eigenvalue weighted by Crippen LogP contribution is 2.44. The zero-order valence-corrected chi connectivity index (χ0v) is 13.6. The summed E-state index contributed by atoms with van der Waals surface area (Å²) in [5.41, 5.74) is 1.50. The van der Waals surface area contributed by atoms with Crippen molar-refractivity contribution in [1.29, 1.82) is 0 Å². The van der Waals surface area contributed by atoms with Gasteiger partial charge in [-0.25, -0.2) is 4.98 Å². The summed E-state index contributed by atoms with van der Waals surface area (Å²) in [7, 11) is 1.50. The van der Waals surface area contributed by atoms with Crippen LogP contribution in [0.1, 0.15) is 10.9 Å². The third-order valence-corrected chi connectivity index (χ3v) is 5.11. The van der Waals surface area contributed by atoms with Gasteiger partial charge in [0.2, 0.25) is 5.91 Å². The summed E-state index contributed by atoms with van der Waals surface area (Å²) in [5.74, 6) is 1.35. The fourth-order valence-corrected chi connectivity index (χ4v) is 3.92. The fraction of sp³-hybridized carbons (Fsp3) is 0.188. The van der Waals surface area contributed by atoms with E-state index in [4.69, 9.17) is 4.74 Å². The van der Waals surface area contributed by atoms with E-state index in [1.807, 2.05) is 12.1 Å². The Balaban J connectivity index is 1.80. The SMILES string of the molecule is COc1cc([C@@H]2SCC(=O)N2c2n[nH]c3ncccc23)ccc1O. The Labute approximate surface area is 141 Å². The molecule has 2 aromatic heterocycles. The number of amides is 1. The molecule has 8 heteroatoms. The van der Waals surface area contributed by atoms with Gasteiger partial charge in [0.25, 0.3) is 0 Å². The molecule has 1 aromatic carbocycles. The number of hydrogen-bond donors (Lipinski definition) is 2. The van der Waals surface area contributed by atoms with Gasteiger partial charge in [-0.05, 0) is 29.8 Å². The van der Waals surface area contributed by atoms with Gasteiger partial charge in [0.1, 0.15) is 5.37 Å². The number of H-pyrrole nitrogens is 1. The van der Waals surface area contributed by atoms with E-state index < -0.39 is 0 Å². The number of aromatic hydroxyl groups is 1. The second-order valence-corrected chi connectivity index (χ2v) is 6.37. The van der Waals surface area contributed by atoms with Crippen molar-refractivity contribution >= 4 is 34.5 Å². The minimum Gasteiger partial charge on any atom is -0.504 e. The van der Waals surface area contributed by atoms with Crippen molar-refractivity contribution in [3.63, 3.8) is 0 Å². The van der Waals surface area contributed by atoms with Gasteiger partial charge in [-0.3, -0.25) is 14.8 Å². The molecule has 0 saturated carbocycles. The van der Waals surface area contributed by atoms with E-state index in [0.29, 0.717) is 23.0 Å². The number of pyridine rings is 1. The molecule has 3 heterocycles. The third-order valence-electron chi connectivity index (χ3n) is 3.90. The lowest BCUT2D eigenvalue weighted by atomic mass is 10.1. The highest BCUT2D eigenvalue weighted by atomic mass is 32.2. The number of methoxy groups -OCH3 is 1. The second kappa shape index (κ2) is 5.72. The summed E-state index contributed by atoms with van der Waals surface area (Å²) in [6.45, 7) is 0. The van der Waals surface area contributed by atoms with Crippen molar-refractivity contribution in [3.8, 4) is 11.5 Å². The first kappa shape index (κ1) is 14.8. The number of hydrogen-bond acceptors (Lipinski definition) is 6. The van der Waals surface area contributed by atoms with E-state index in [9.17, 15) is 9.90 Å². The number of phenolic OH excluding ortho intramolecular Hbond substituents is 1. The number of anilines is 1. The molecule has 0 bridgehead atoms. The fourth-order valence-electron chi connectivity index (χ4n) is 2.77. The van der Waals surface area contributed by atoms with Crippen LogP contribution in [0.25, 0.3) is 11.0 Å². The Kier molecular flexibility index (Phi) is 3.53. The minimum atomic E-state index is -0.237. The molecule has 0 radical (unpaired) electrons. The Hall–Kier alpha value is -2.74. The number of aromatic nitrogens is 3. The molecule has 4 rings (SSSR count). The molecule has 1 amide bonds. The van der Waals surface area contributed by atoms with Crippen molar-refractivity contribution in [2.75, 3.05) is 17.8 Å². The first-order valence-corrected chi connectivity index (χ1v) is 8.33. The van der Waals surface area contributed by atoms with E-state index in [-0.39, 0.29) is 17.0 Å². The maximum atomic E-state index is 12.5.